The fraction of sp³-hybridized carbons (Fsp3) is 0.105. The molecule has 3 rings (SSSR count). The second-order valence-electron chi connectivity index (χ2n) is 5.55. The van der Waals surface area contributed by atoms with Crippen molar-refractivity contribution in [2.45, 2.75) is 13.3 Å². The highest BCUT2D eigenvalue weighted by atomic mass is 19.2. The summed E-state index contributed by atoms with van der Waals surface area (Å²) < 4.78 is 26.3. The highest BCUT2D eigenvalue weighted by Crippen LogP contribution is 2.18. The molecule has 0 unspecified atom stereocenters. The van der Waals surface area contributed by atoms with Crippen LogP contribution >= 0.6 is 0 Å². The maximum Gasteiger partial charge on any atom is 0.274 e. The lowest BCUT2D eigenvalue weighted by molar-refractivity contribution is 0.102. The average molecular weight is 354 g/mol. The summed E-state index contributed by atoms with van der Waals surface area (Å²) in [5.41, 5.74) is 2.28. The molecule has 1 amide bonds. The van der Waals surface area contributed by atoms with E-state index in [4.69, 9.17) is 0 Å². The Kier molecular flexibility index (Phi) is 5.17. The van der Waals surface area contributed by atoms with Crippen molar-refractivity contribution < 1.29 is 13.6 Å². The second-order valence-corrected chi connectivity index (χ2v) is 5.55. The summed E-state index contributed by atoms with van der Waals surface area (Å²) in [5, 5.41) is 5.56. The van der Waals surface area contributed by atoms with Crippen molar-refractivity contribution in [2.75, 3.05) is 10.6 Å². The molecule has 1 aromatic heterocycles. The zero-order valence-electron chi connectivity index (χ0n) is 14.0. The first kappa shape index (κ1) is 17.5. The number of nitrogens with one attached hydrogen (secondary N) is 2. The molecule has 0 spiro atoms. The van der Waals surface area contributed by atoms with Gasteiger partial charge in [0.05, 0.1) is 0 Å². The van der Waals surface area contributed by atoms with E-state index in [1.807, 2.05) is 24.3 Å². The lowest BCUT2D eigenvalue weighted by Crippen LogP contribution is -2.14. The summed E-state index contributed by atoms with van der Waals surface area (Å²) in [4.78, 5) is 20.3. The molecule has 0 aliphatic rings. The maximum absolute atomic E-state index is 13.3. The lowest BCUT2D eigenvalue weighted by Gasteiger charge is -2.08. The zero-order valence-corrected chi connectivity index (χ0v) is 14.0. The minimum atomic E-state index is -0.974. The Labute approximate surface area is 149 Å². The number of rotatable bonds is 5. The van der Waals surface area contributed by atoms with E-state index in [2.05, 4.69) is 27.5 Å². The van der Waals surface area contributed by atoms with Crippen molar-refractivity contribution in [3.8, 4) is 0 Å². The molecule has 0 aliphatic carbocycles. The first-order valence-corrected chi connectivity index (χ1v) is 7.99. The first-order valence-electron chi connectivity index (χ1n) is 7.99. The highest BCUT2D eigenvalue weighted by molar-refractivity contribution is 6.03. The SMILES string of the molecule is CCc1ccc(NC(=O)c2cc(Nc3ccc(F)c(F)c3)ncn2)cc1. The van der Waals surface area contributed by atoms with Gasteiger partial charge in [-0.05, 0) is 36.2 Å². The first-order chi connectivity index (χ1) is 12.5. The van der Waals surface area contributed by atoms with Gasteiger partial charge in [0.2, 0.25) is 0 Å². The predicted molar refractivity (Wildman–Crippen MR) is 95.4 cm³/mol. The van der Waals surface area contributed by atoms with Crippen molar-refractivity contribution in [1.29, 1.82) is 0 Å². The second kappa shape index (κ2) is 7.69. The quantitative estimate of drug-likeness (QED) is 0.716. The van der Waals surface area contributed by atoms with Gasteiger partial charge in [-0.3, -0.25) is 4.79 Å². The Morgan fingerprint density at radius 2 is 1.69 bits per heavy atom. The third-order valence-corrected chi connectivity index (χ3v) is 3.71. The van der Waals surface area contributed by atoms with Crippen LogP contribution < -0.4 is 10.6 Å². The zero-order chi connectivity index (χ0) is 18.5. The van der Waals surface area contributed by atoms with Gasteiger partial charge < -0.3 is 10.6 Å². The number of hydrogen-bond donors (Lipinski definition) is 2. The molecule has 0 saturated carbocycles. The van der Waals surface area contributed by atoms with Crippen LogP contribution in [-0.2, 0) is 6.42 Å². The van der Waals surface area contributed by atoms with Crippen LogP contribution in [0.4, 0.5) is 26.0 Å². The van der Waals surface area contributed by atoms with E-state index < -0.39 is 17.5 Å². The molecule has 0 atom stereocenters. The Morgan fingerprint density at radius 1 is 0.962 bits per heavy atom. The molecule has 3 aromatic rings. The van der Waals surface area contributed by atoms with Crippen LogP contribution in [0.3, 0.4) is 0 Å². The molecule has 1 heterocycles. The maximum atomic E-state index is 13.3. The fourth-order valence-corrected chi connectivity index (χ4v) is 2.29. The van der Waals surface area contributed by atoms with Crippen molar-refractivity contribution in [1.82, 2.24) is 9.97 Å². The number of anilines is 3. The molecule has 0 radical (unpaired) electrons. The van der Waals surface area contributed by atoms with Gasteiger partial charge in [0, 0.05) is 23.5 Å². The smallest absolute Gasteiger partial charge is 0.274 e. The van der Waals surface area contributed by atoms with E-state index in [1.165, 1.54) is 24.0 Å². The van der Waals surface area contributed by atoms with Crippen LogP contribution in [0.25, 0.3) is 0 Å². The summed E-state index contributed by atoms with van der Waals surface area (Å²) in [7, 11) is 0. The molecule has 0 fully saturated rings. The predicted octanol–water partition coefficient (Wildman–Crippen LogP) is 4.31. The normalized spacial score (nSPS) is 10.4. The Balaban J connectivity index is 1.73. The van der Waals surface area contributed by atoms with Crippen LogP contribution in [0.2, 0.25) is 0 Å². The van der Waals surface area contributed by atoms with Crippen molar-refractivity contribution >= 4 is 23.1 Å². The molecule has 2 N–H and O–H groups in total. The fourth-order valence-electron chi connectivity index (χ4n) is 2.29. The number of carbonyl (C=O) groups is 1. The molecule has 2 aromatic carbocycles. The molecular weight excluding hydrogens is 338 g/mol. The molecule has 0 aliphatic heterocycles. The van der Waals surface area contributed by atoms with E-state index in [9.17, 15) is 13.6 Å². The van der Waals surface area contributed by atoms with E-state index in [-0.39, 0.29) is 11.5 Å². The molecule has 132 valence electrons. The highest BCUT2D eigenvalue weighted by Gasteiger charge is 2.10. The van der Waals surface area contributed by atoms with Crippen LogP contribution in [0, 0.1) is 11.6 Å². The van der Waals surface area contributed by atoms with Crippen LogP contribution in [0.15, 0.2) is 54.9 Å². The number of aryl methyl sites for hydroxylation is 1. The van der Waals surface area contributed by atoms with Gasteiger partial charge in [-0.1, -0.05) is 19.1 Å². The van der Waals surface area contributed by atoms with Gasteiger partial charge in [-0.2, -0.15) is 0 Å². The average Bonchev–Trinajstić information content (AvgIpc) is 2.65. The van der Waals surface area contributed by atoms with Gasteiger partial charge in [0.25, 0.3) is 5.91 Å². The van der Waals surface area contributed by atoms with Crippen LogP contribution in [0.5, 0.6) is 0 Å². The third kappa shape index (κ3) is 4.18. The van der Waals surface area contributed by atoms with Gasteiger partial charge in [-0.15, -0.1) is 0 Å². The Morgan fingerprint density at radius 3 is 2.38 bits per heavy atom. The number of carbonyl (C=O) groups excluding carboxylic acids is 1. The summed E-state index contributed by atoms with van der Waals surface area (Å²) in [5.74, 6) is -2.02. The summed E-state index contributed by atoms with van der Waals surface area (Å²) in [6.07, 6.45) is 2.14. The van der Waals surface area contributed by atoms with Crippen LogP contribution in [0.1, 0.15) is 23.0 Å². The van der Waals surface area contributed by atoms with Crippen molar-refractivity contribution in [3.63, 3.8) is 0 Å². The van der Waals surface area contributed by atoms with E-state index in [0.717, 1.165) is 18.6 Å². The van der Waals surface area contributed by atoms with Gasteiger partial charge in [0.15, 0.2) is 11.6 Å². The summed E-state index contributed by atoms with van der Waals surface area (Å²) >= 11 is 0. The molecule has 0 saturated heterocycles. The standard InChI is InChI=1S/C19H16F2N4O/c1-2-12-3-5-13(6-4-12)25-19(26)17-10-18(23-11-22-17)24-14-7-8-15(20)16(21)9-14/h3-11H,2H2,1H3,(H,25,26)(H,22,23,24). The Hall–Kier alpha value is -3.35. The lowest BCUT2D eigenvalue weighted by atomic mass is 10.1. The largest absolute Gasteiger partial charge is 0.340 e. The van der Waals surface area contributed by atoms with Crippen molar-refractivity contribution in [2.24, 2.45) is 0 Å². The minimum absolute atomic E-state index is 0.143. The number of amides is 1. The number of aromatic nitrogens is 2. The number of nitrogens with zero attached hydrogens (tertiary/aromatic N) is 2. The molecule has 0 bridgehead atoms. The van der Waals surface area contributed by atoms with Crippen LogP contribution in [-0.4, -0.2) is 15.9 Å². The third-order valence-electron chi connectivity index (χ3n) is 3.71. The van der Waals surface area contributed by atoms with E-state index in [0.29, 0.717) is 11.4 Å². The van der Waals surface area contributed by atoms with Gasteiger partial charge in [-0.25, -0.2) is 18.7 Å². The molecular formula is C19H16F2N4O. The number of halogens is 2. The monoisotopic (exact) mass is 354 g/mol. The van der Waals surface area contributed by atoms with Crippen molar-refractivity contribution in [3.05, 3.63) is 77.8 Å². The van der Waals surface area contributed by atoms with E-state index in [1.54, 1.807) is 0 Å². The number of benzene rings is 2. The summed E-state index contributed by atoms with van der Waals surface area (Å²) in [6, 6.07) is 12.3. The summed E-state index contributed by atoms with van der Waals surface area (Å²) in [6.45, 7) is 2.05. The molecule has 5 nitrogen and oxygen atoms in total. The van der Waals surface area contributed by atoms with Gasteiger partial charge in [0.1, 0.15) is 17.8 Å². The Bertz CT molecular complexity index is 929. The molecule has 26 heavy (non-hydrogen) atoms. The number of hydrogen-bond acceptors (Lipinski definition) is 4. The topological polar surface area (TPSA) is 66.9 Å². The minimum Gasteiger partial charge on any atom is -0.340 e. The van der Waals surface area contributed by atoms with Gasteiger partial charge >= 0.3 is 0 Å². The molecule has 7 heteroatoms. The van der Waals surface area contributed by atoms with E-state index >= 15 is 0 Å².